The Morgan fingerprint density at radius 1 is 0.907 bits per heavy atom. The van der Waals surface area contributed by atoms with E-state index < -0.39 is 12.0 Å². The molecule has 8 heteroatoms. The molecule has 0 bridgehead atoms. The third kappa shape index (κ3) is 7.81. The predicted octanol–water partition coefficient (Wildman–Crippen LogP) is 6.59. The topological polar surface area (TPSA) is 84.9 Å². The summed E-state index contributed by atoms with van der Waals surface area (Å²) in [5.74, 6) is 0.230. The second-order valence-electron chi connectivity index (χ2n) is 10.4. The third-order valence-corrected chi connectivity index (χ3v) is 7.52. The number of anilines is 2. The van der Waals surface area contributed by atoms with Crippen molar-refractivity contribution in [1.82, 2.24) is 0 Å². The molecular weight excluding hydrogens is 564 g/mol. The smallest absolute Gasteiger partial charge is 0.328 e. The molecular formula is C35H33ClN2O5. The highest BCUT2D eigenvalue weighted by Gasteiger charge is 2.34. The number of methoxy groups -OCH3 is 1. The molecule has 1 saturated carbocycles. The van der Waals surface area contributed by atoms with Crippen LogP contribution in [0.1, 0.15) is 34.3 Å². The van der Waals surface area contributed by atoms with Gasteiger partial charge in [-0.1, -0.05) is 72.3 Å². The summed E-state index contributed by atoms with van der Waals surface area (Å²) >= 11 is 6.17. The maximum absolute atomic E-state index is 13.2. The van der Waals surface area contributed by atoms with Gasteiger partial charge in [-0.15, -0.1) is 0 Å². The maximum Gasteiger partial charge on any atom is 0.328 e. The van der Waals surface area contributed by atoms with E-state index in [0.29, 0.717) is 47.2 Å². The Bertz CT molecular complexity index is 1570. The normalized spacial score (nSPS) is 13.1. The van der Waals surface area contributed by atoms with Crippen LogP contribution in [0.15, 0.2) is 103 Å². The quantitative estimate of drug-likeness (QED) is 0.138. The number of benzene rings is 4. The number of para-hydroxylation sites is 1. The number of halogens is 1. The summed E-state index contributed by atoms with van der Waals surface area (Å²) < 4.78 is 11.0. The lowest BCUT2D eigenvalue weighted by molar-refractivity contribution is -0.141. The highest BCUT2D eigenvalue weighted by Crippen LogP contribution is 2.33. The first-order valence-corrected chi connectivity index (χ1v) is 14.6. The molecule has 1 unspecified atom stereocenters. The van der Waals surface area contributed by atoms with Crippen LogP contribution in [0.25, 0.3) is 0 Å². The monoisotopic (exact) mass is 596 g/mol. The third-order valence-electron chi connectivity index (χ3n) is 7.28. The largest absolute Gasteiger partial charge is 0.492 e. The van der Waals surface area contributed by atoms with Gasteiger partial charge in [-0.2, -0.15) is 0 Å². The summed E-state index contributed by atoms with van der Waals surface area (Å²) in [6.45, 7) is 0.704. The summed E-state index contributed by atoms with van der Waals surface area (Å²) in [6.07, 6.45) is 2.16. The maximum atomic E-state index is 13.2. The van der Waals surface area contributed by atoms with E-state index >= 15 is 0 Å². The second kappa shape index (κ2) is 14.0. The summed E-state index contributed by atoms with van der Waals surface area (Å²) in [5, 5.41) is 3.81. The molecule has 7 nitrogen and oxygen atoms in total. The summed E-state index contributed by atoms with van der Waals surface area (Å²) in [4.78, 5) is 40.6. The Balaban J connectivity index is 1.23. The Labute approximate surface area is 256 Å². The number of carbonyl (C=O) groups is 3. The molecule has 1 N–H and O–H groups in total. The Morgan fingerprint density at radius 2 is 1.63 bits per heavy atom. The molecule has 4 aromatic carbocycles. The first-order chi connectivity index (χ1) is 20.9. The minimum atomic E-state index is -0.721. The molecule has 1 atom stereocenters. The SMILES string of the molecule is COC(=O)C(Cc1ccc(OCCN(C(=O)C2CC2)c2cccc(Cl)c2)cc1)Nc1ccccc1C(=O)c1ccccc1. The van der Waals surface area contributed by atoms with Crippen molar-refractivity contribution in [1.29, 1.82) is 0 Å². The number of nitrogens with zero attached hydrogens (tertiary/aromatic N) is 1. The number of ketones is 1. The number of rotatable bonds is 13. The number of esters is 1. The van der Waals surface area contributed by atoms with Crippen LogP contribution < -0.4 is 15.0 Å². The molecule has 1 aliphatic carbocycles. The van der Waals surface area contributed by atoms with Crippen LogP contribution in [0.5, 0.6) is 5.75 Å². The molecule has 0 aromatic heterocycles. The lowest BCUT2D eigenvalue weighted by Gasteiger charge is -2.23. The van der Waals surface area contributed by atoms with Crippen LogP contribution in [-0.4, -0.2) is 44.0 Å². The minimum absolute atomic E-state index is 0.0676. The molecule has 5 rings (SSSR count). The van der Waals surface area contributed by atoms with Crippen molar-refractivity contribution < 1.29 is 23.9 Å². The molecule has 1 fully saturated rings. The molecule has 220 valence electrons. The zero-order valence-electron chi connectivity index (χ0n) is 23.9. The van der Waals surface area contributed by atoms with E-state index in [4.69, 9.17) is 21.1 Å². The molecule has 1 amide bonds. The average molecular weight is 597 g/mol. The molecule has 1 aliphatic rings. The molecule has 0 aliphatic heterocycles. The van der Waals surface area contributed by atoms with Gasteiger partial charge in [0, 0.05) is 39.9 Å². The second-order valence-corrected chi connectivity index (χ2v) is 10.8. The highest BCUT2D eigenvalue weighted by atomic mass is 35.5. The van der Waals surface area contributed by atoms with Crippen molar-refractivity contribution in [2.75, 3.05) is 30.5 Å². The lowest BCUT2D eigenvalue weighted by atomic mass is 10.00. The fraction of sp³-hybridized carbons (Fsp3) is 0.229. The van der Waals surface area contributed by atoms with Gasteiger partial charge in [-0.3, -0.25) is 9.59 Å². The van der Waals surface area contributed by atoms with Crippen LogP contribution in [0, 0.1) is 5.92 Å². The number of nitrogens with one attached hydrogen (secondary N) is 1. The zero-order valence-corrected chi connectivity index (χ0v) is 24.6. The minimum Gasteiger partial charge on any atom is -0.492 e. The van der Waals surface area contributed by atoms with Gasteiger partial charge in [0.25, 0.3) is 0 Å². The number of hydrogen-bond donors (Lipinski definition) is 1. The van der Waals surface area contributed by atoms with Crippen LogP contribution in [0.4, 0.5) is 11.4 Å². The first-order valence-electron chi connectivity index (χ1n) is 14.2. The van der Waals surface area contributed by atoms with Gasteiger partial charge >= 0.3 is 5.97 Å². The van der Waals surface area contributed by atoms with E-state index in [-0.39, 0.29) is 17.6 Å². The van der Waals surface area contributed by atoms with Gasteiger partial charge in [0.05, 0.1) is 13.7 Å². The standard InChI is InChI=1S/C35H33ClN2O5/c1-42-35(41)32(37-31-13-6-5-12-30(31)33(39)25-8-3-2-4-9-25)22-24-14-18-29(19-15-24)43-21-20-38(34(40)26-16-17-26)28-11-7-10-27(36)23-28/h2-15,18-19,23,26,32,37H,16-17,20-22H2,1H3. The van der Waals surface area contributed by atoms with Gasteiger partial charge < -0.3 is 19.7 Å². The summed E-state index contributed by atoms with van der Waals surface area (Å²) in [6, 6.07) is 30.2. The first kappa shape index (κ1) is 29.9. The van der Waals surface area contributed by atoms with Crippen molar-refractivity contribution >= 4 is 40.6 Å². The fourth-order valence-electron chi connectivity index (χ4n) is 4.85. The van der Waals surface area contributed by atoms with Crippen molar-refractivity contribution in [3.05, 3.63) is 125 Å². The van der Waals surface area contributed by atoms with Gasteiger partial charge in [0.1, 0.15) is 18.4 Å². The van der Waals surface area contributed by atoms with Gasteiger partial charge in [-0.05, 0) is 60.9 Å². The van der Waals surface area contributed by atoms with E-state index in [9.17, 15) is 14.4 Å². The molecule has 43 heavy (non-hydrogen) atoms. The van der Waals surface area contributed by atoms with Gasteiger partial charge in [0.15, 0.2) is 5.78 Å². The van der Waals surface area contributed by atoms with Gasteiger partial charge in [0.2, 0.25) is 5.91 Å². The molecule has 0 heterocycles. The fourth-order valence-corrected chi connectivity index (χ4v) is 5.03. The van der Waals surface area contributed by atoms with E-state index in [0.717, 1.165) is 24.1 Å². The lowest BCUT2D eigenvalue weighted by Crippen LogP contribution is -2.35. The Hall–Kier alpha value is -4.62. The van der Waals surface area contributed by atoms with Crippen LogP contribution in [0.3, 0.4) is 0 Å². The zero-order chi connectivity index (χ0) is 30.2. The van der Waals surface area contributed by atoms with Crippen molar-refractivity contribution in [2.24, 2.45) is 5.92 Å². The highest BCUT2D eigenvalue weighted by molar-refractivity contribution is 6.31. The van der Waals surface area contributed by atoms with Gasteiger partial charge in [-0.25, -0.2) is 4.79 Å². The van der Waals surface area contributed by atoms with Crippen molar-refractivity contribution in [3.63, 3.8) is 0 Å². The van der Waals surface area contributed by atoms with E-state index in [2.05, 4.69) is 5.32 Å². The van der Waals surface area contributed by atoms with E-state index in [1.165, 1.54) is 7.11 Å². The van der Waals surface area contributed by atoms with E-state index in [1.54, 1.807) is 47.4 Å². The number of ether oxygens (including phenoxy) is 2. The van der Waals surface area contributed by atoms with Crippen molar-refractivity contribution in [2.45, 2.75) is 25.3 Å². The molecule has 0 saturated heterocycles. The molecule has 0 radical (unpaired) electrons. The summed E-state index contributed by atoms with van der Waals surface area (Å²) in [5.41, 5.74) is 3.23. The van der Waals surface area contributed by atoms with Crippen LogP contribution in [0.2, 0.25) is 5.02 Å². The number of hydrogen-bond acceptors (Lipinski definition) is 6. The average Bonchev–Trinajstić information content (AvgIpc) is 3.89. The van der Waals surface area contributed by atoms with Crippen LogP contribution >= 0.6 is 11.6 Å². The van der Waals surface area contributed by atoms with E-state index in [1.807, 2.05) is 60.7 Å². The molecule has 4 aromatic rings. The number of carbonyl (C=O) groups excluding carboxylic acids is 3. The van der Waals surface area contributed by atoms with Crippen molar-refractivity contribution in [3.8, 4) is 5.75 Å². The molecule has 0 spiro atoms. The number of amides is 1. The Morgan fingerprint density at radius 3 is 2.33 bits per heavy atom. The predicted molar refractivity (Wildman–Crippen MR) is 168 cm³/mol. The summed E-state index contributed by atoms with van der Waals surface area (Å²) in [7, 11) is 1.34. The van der Waals surface area contributed by atoms with Crippen LogP contribution in [-0.2, 0) is 20.7 Å². The Kier molecular flexibility index (Phi) is 9.74.